The van der Waals surface area contributed by atoms with E-state index in [-0.39, 0.29) is 41.5 Å². The highest BCUT2D eigenvalue weighted by atomic mass is 32.1. The van der Waals surface area contributed by atoms with Crippen LogP contribution in [-0.2, 0) is 35.1 Å². The van der Waals surface area contributed by atoms with Gasteiger partial charge in [0.15, 0.2) is 5.76 Å². The molecule has 0 unspecified atom stereocenters. The van der Waals surface area contributed by atoms with Gasteiger partial charge in [0.2, 0.25) is 5.88 Å². The zero-order valence-electron chi connectivity index (χ0n) is 15.7. The molecule has 0 amide bonds. The second kappa shape index (κ2) is 8.87. The standard InChI is InChI=1S/C18H21NO8S/c1-4-19-14(21)12(25-17(19)28)8-6-7-11-15(22)26-18(3,27-16(11)23)10-9-13(20)24-5-2/h6-8,21H,4-5,9-10H2,1-3H3/b8-6+,11-7?. The van der Waals surface area contributed by atoms with E-state index < -0.39 is 23.7 Å². The van der Waals surface area contributed by atoms with E-state index in [9.17, 15) is 19.5 Å². The van der Waals surface area contributed by atoms with Gasteiger partial charge in [0.05, 0.1) is 13.0 Å². The van der Waals surface area contributed by atoms with E-state index in [0.717, 1.165) is 0 Å². The van der Waals surface area contributed by atoms with Crippen LogP contribution < -0.4 is 0 Å². The van der Waals surface area contributed by atoms with Crippen molar-refractivity contribution in [3.63, 3.8) is 0 Å². The van der Waals surface area contributed by atoms with Gasteiger partial charge in [0.25, 0.3) is 10.6 Å². The third-order valence-corrected chi connectivity index (χ3v) is 4.17. The van der Waals surface area contributed by atoms with E-state index in [1.807, 2.05) is 0 Å². The van der Waals surface area contributed by atoms with E-state index in [0.29, 0.717) is 6.54 Å². The molecule has 28 heavy (non-hydrogen) atoms. The summed E-state index contributed by atoms with van der Waals surface area (Å²) in [6.07, 6.45) is 3.76. The van der Waals surface area contributed by atoms with E-state index >= 15 is 0 Å². The normalized spacial score (nSPS) is 19.5. The second-order valence-corrected chi connectivity index (χ2v) is 6.31. The Kier molecular flexibility index (Phi) is 6.79. The fraction of sp³-hybridized carbons (Fsp3) is 0.444. The predicted octanol–water partition coefficient (Wildman–Crippen LogP) is 2.64. The fourth-order valence-corrected chi connectivity index (χ4v) is 2.75. The van der Waals surface area contributed by atoms with Crippen LogP contribution in [0.1, 0.15) is 39.4 Å². The molecule has 0 saturated carbocycles. The second-order valence-electron chi connectivity index (χ2n) is 5.96. The van der Waals surface area contributed by atoms with Gasteiger partial charge in [-0.25, -0.2) is 9.59 Å². The third kappa shape index (κ3) is 4.89. The maximum atomic E-state index is 12.2. The van der Waals surface area contributed by atoms with E-state index in [1.165, 1.54) is 29.7 Å². The molecule has 0 radical (unpaired) electrons. The van der Waals surface area contributed by atoms with Crippen LogP contribution in [0.3, 0.4) is 0 Å². The smallest absolute Gasteiger partial charge is 0.348 e. The molecule has 0 bridgehead atoms. The number of carbonyl (C=O) groups is 3. The van der Waals surface area contributed by atoms with Crippen molar-refractivity contribution >= 4 is 36.2 Å². The van der Waals surface area contributed by atoms with Gasteiger partial charge in [-0.2, -0.15) is 0 Å². The Hall–Kier alpha value is -2.88. The molecule has 1 N–H and O–H groups in total. The highest BCUT2D eigenvalue weighted by Crippen LogP contribution is 2.28. The Morgan fingerprint density at radius 3 is 2.46 bits per heavy atom. The Labute approximate surface area is 166 Å². The van der Waals surface area contributed by atoms with Crippen LogP contribution in [0.4, 0.5) is 0 Å². The Morgan fingerprint density at radius 1 is 1.29 bits per heavy atom. The van der Waals surface area contributed by atoms with E-state index in [2.05, 4.69) is 0 Å². The molecule has 2 heterocycles. The Morgan fingerprint density at radius 2 is 1.93 bits per heavy atom. The number of cyclic esters (lactones) is 2. The van der Waals surface area contributed by atoms with Crippen molar-refractivity contribution in [2.24, 2.45) is 0 Å². The van der Waals surface area contributed by atoms with Crippen LogP contribution in [0.15, 0.2) is 22.1 Å². The average molecular weight is 411 g/mol. The number of rotatable bonds is 7. The van der Waals surface area contributed by atoms with Crippen molar-refractivity contribution < 1.29 is 38.1 Å². The molecule has 0 aromatic carbocycles. The minimum Gasteiger partial charge on any atom is -0.492 e. The SMILES string of the molecule is CCOC(=O)CCC1(C)OC(=O)C(=C/C=C/c2oc(=S)n(CC)c2O)C(=O)O1. The summed E-state index contributed by atoms with van der Waals surface area (Å²) in [6, 6.07) is 0. The summed E-state index contributed by atoms with van der Waals surface area (Å²) in [7, 11) is 0. The molecule has 0 aliphatic carbocycles. The largest absolute Gasteiger partial charge is 0.492 e. The highest BCUT2D eigenvalue weighted by molar-refractivity contribution is 7.71. The summed E-state index contributed by atoms with van der Waals surface area (Å²) in [5, 5.41) is 9.97. The first-order chi connectivity index (χ1) is 13.2. The first kappa shape index (κ1) is 21.4. The first-order valence-electron chi connectivity index (χ1n) is 8.64. The van der Waals surface area contributed by atoms with E-state index in [4.69, 9.17) is 30.8 Å². The monoisotopic (exact) mass is 411 g/mol. The minimum absolute atomic E-state index is 0.0225. The third-order valence-electron chi connectivity index (χ3n) is 3.87. The molecule has 1 aliphatic rings. The van der Waals surface area contributed by atoms with Crippen molar-refractivity contribution in [2.75, 3.05) is 6.61 Å². The number of ether oxygens (including phenoxy) is 3. The first-order valence-corrected chi connectivity index (χ1v) is 9.04. The van der Waals surface area contributed by atoms with Crippen LogP contribution in [0, 0.1) is 4.84 Å². The lowest BCUT2D eigenvalue weighted by Gasteiger charge is -2.33. The van der Waals surface area contributed by atoms with Gasteiger partial charge in [-0.15, -0.1) is 0 Å². The molecule has 1 aromatic heterocycles. The number of allylic oxidation sites excluding steroid dienone is 2. The summed E-state index contributed by atoms with van der Waals surface area (Å²) in [5.41, 5.74) is -0.335. The molecule has 1 aliphatic heterocycles. The van der Waals surface area contributed by atoms with Crippen LogP contribution in [-0.4, -0.2) is 40.0 Å². The molecule has 1 aromatic rings. The van der Waals surface area contributed by atoms with Crippen molar-refractivity contribution in [3.8, 4) is 5.88 Å². The van der Waals surface area contributed by atoms with Crippen molar-refractivity contribution in [2.45, 2.75) is 45.9 Å². The fourth-order valence-electron chi connectivity index (χ4n) is 2.44. The molecule has 9 nitrogen and oxygen atoms in total. The van der Waals surface area contributed by atoms with Crippen LogP contribution in [0.2, 0.25) is 0 Å². The Balaban J connectivity index is 2.08. The van der Waals surface area contributed by atoms with E-state index in [1.54, 1.807) is 13.8 Å². The molecule has 0 atom stereocenters. The molecular weight excluding hydrogens is 390 g/mol. The van der Waals surface area contributed by atoms with Gasteiger partial charge in [0, 0.05) is 19.9 Å². The van der Waals surface area contributed by atoms with Crippen molar-refractivity contribution in [3.05, 3.63) is 28.3 Å². The summed E-state index contributed by atoms with van der Waals surface area (Å²) in [5.74, 6) is -3.88. The highest BCUT2D eigenvalue weighted by Gasteiger charge is 2.42. The number of nitrogens with zero attached hydrogens (tertiary/aromatic N) is 1. The van der Waals surface area contributed by atoms with Gasteiger partial charge in [-0.1, -0.05) is 6.08 Å². The topological polar surface area (TPSA) is 117 Å². The number of hydrogen-bond donors (Lipinski definition) is 1. The summed E-state index contributed by atoms with van der Waals surface area (Å²) < 4.78 is 21.7. The molecule has 2 rings (SSSR count). The molecule has 0 spiro atoms. The number of esters is 3. The summed E-state index contributed by atoms with van der Waals surface area (Å²) in [6.45, 7) is 5.50. The number of aromatic hydroxyl groups is 1. The number of aromatic nitrogens is 1. The van der Waals surface area contributed by atoms with Gasteiger partial charge < -0.3 is 23.7 Å². The Bertz CT molecular complexity index is 872. The van der Waals surface area contributed by atoms with Gasteiger partial charge in [-0.05, 0) is 38.2 Å². The lowest BCUT2D eigenvalue weighted by molar-refractivity contribution is -0.231. The zero-order valence-corrected chi connectivity index (χ0v) is 16.5. The quantitative estimate of drug-likeness (QED) is 0.313. The molecule has 1 saturated heterocycles. The van der Waals surface area contributed by atoms with Crippen LogP contribution >= 0.6 is 12.2 Å². The maximum Gasteiger partial charge on any atom is 0.348 e. The van der Waals surface area contributed by atoms with Crippen LogP contribution in [0.5, 0.6) is 5.88 Å². The van der Waals surface area contributed by atoms with Crippen molar-refractivity contribution in [1.82, 2.24) is 4.57 Å². The van der Waals surface area contributed by atoms with Crippen molar-refractivity contribution in [1.29, 1.82) is 0 Å². The molecular formula is C18H21NO8S. The summed E-state index contributed by atoms with van der Waals surface area (Å²) >= 11 is 4.96. The maximum absolute atomic E-state index is 12.2. The molecule has 152 valence electrons. The predicted molar refractivity (Wildman–Crippen MR) is 98.4 cm³/mol. The minimum atomic E-state index is -1.55. The molecule has 10 heteroatoms. The zero-order chi connectivity index (χ0) is 20.9. The molecule has 1 fully saturated rings. The summed E-state index contributed by atoms with van der Waals surface area (Å²) in [4.78, 5) is 35.9. The van der Waals surface area contributed by atoms with Gasteiger partial charge in [0.1, 0.15) is 5.57 Å². The van der Waals surface area contributed by atoms with Gasteiger partial charge in [-0.3, -0.25) is 9.36 Å². The number of carbonyl (C=O) groups excluding carboxylic acids is 3. The number of hydrogen-bond acceptors (Lipinski definition) is 9. The van der Waals surface area contributed by atoms with Gasteiger partial charge >= 0.3 is 17.9 Å². The average Bonchev–Trinajstić information content (AvgIpc) is 2.89. The van der Waals surface area contributed by atoms with Crippen LogP contribution in [0.25, 0.3) is 6.08 Å². The number of oxazole rings is 1. The lowest BCUT2D eigenvalue weighted by atomic mass is 10.1. The lowest BCUT2D eigenvalue weighted by Crippen LogP contribution is -2.44.